The molecule has 4 aromatic rings. The van der Waals surface area contributed by atoms with Crippen LogP contribution < -0.4 is 5.32 Å². The maximum Gasteiger partial charge on any atom is 0.143 e. The van der Waals surface area contributed by atoms with Crippen molar-refractivity contribution in [3.05, 3.63) is 66.2 Å². The molecule has 3 aromatic carbocycles. The van der Waals surface area contributed by atoms with Gasteiger partial charge in [-0.25, -0.2) is 0 Å². The quantitative estimate of drug-likeness (QED) is 0.496. The second kappa shape index (κ2) is 5.83. The maximum atomic E-state index is 10.1. The van der Waals surface area contributed by atoms with Crippen molar-refractivity contribution in [3.8, 4) is 17.2 Å². The Morgan fingerprint density at radius 2 is 1.52 bits per heavy atom. The van der Waals surface area contributed by atoms with Crippen molar-refractivity contribution in [1.82, 2.24) is 15.0 Å². The summed E-state index contributed by atoms with van der Waals surface area (Å²) >= 11 is 0. The average molecular weight is 332 g/mol. The van der Waals surface area contributed by atoms with E-state index in [2.05, 4.69) is 15.5 Å². The van der Waals surface area contributed by atoms with Gasteiger partial charge in [0.25, 0.3) is 0 Å². The van der Waals surface area contributed by atoms with Gasteiger partial charge in [0, 0.05) is 11.4 Å². The lowest BCUT2D eigenvalue weighted by Crippen LogP contribution is -1.99. The number of rotatable bonds is 3. The zero-order chi connectivity index (χ0) is 17.4. The van der Waals surface area contributed by atoms with E-state index in [1.54, 1.807) is 30.3 Å². The lowest BCUT2D eigenvalue weighted by molar-refractivity contribution is 0.467. The van der Waals surface area contributed by atoms with Crippen molar-refractivity contribution < 1.29 is 10.2 Å². The van der Waals surface area contributed by atoms with E-state index in [4.69, 9.17) is 0 Å². The summed E-state index contributed by atoms with van der Waals surface area (Å²) < 4.78 is 0. The van der Waals surface area contributed by atoms with Crippen LogP contribution in [-0.4, -0.2) is 25.2 Å². The molecule has 0 spiro atoms. The fourth-order valence-corrected chi connectivity index (χ4v) is 2.61. The third-order valence-electron chi connectivity index (χ3n) is 3.88. The van der Waals surface area contributed by atoms with Gasteiger partial charge in [0.1, 0.15) is 28.2 Å². The first-order valence-electron chi connectivity index (χ1n) is 7.82. The highest BCUT2D eigenvalue weighted by molar-refractivity contribution is 5.80. The number of nitrogens with zero attached hydrogens (tertiary/aromatic N) is 3. The molecule has 0 saturated carbocycles. The lowest BCUT2D eigenvalue weighted by atomic mass is 10.2. The summed E-state index contributed by atoms with van der Waals surface area (Å²) in [6.07, 6.45) is 0. The Labute approximate surface area is 144 Å². The molecule has 0 fully saturated rings. The van der Waals surface area contributed by atoms with Crippen molar-refractivity contribution in [1.29, 1.82) is 0 Å². The number of aromatic hydroxyl groups is 2. The first kappa shape index (κ1) is 15.0. The minimum absolute atomic E-state index is 0.133. The highest BCUT2D eigenvalue weighted by atomic mass is 16.3. The van der Waals surface area contributed by atoms with E-state index in [9.17, 15) is 10.2 Å². The second-order valence-corrected chi connectivity index (χ2v) is 5.86. The van der Waals surface area contributed by atoms with Crippen molar-refractivity contribution in [2.75, 3.05) is 5.32 Å². The summed E-state index contributed by atoms with van der Waals surface area (Å²) in [6, 6.07) is 17.8. The minimum Gasteiger partial charge on any atom is -0.508 e. The molecule has 6 nitrogen and oxygen atoms in total. The molecular formula is C19H16N4O2. The summed E-state index contributed by atoms with van der Waals surface area (Å²) in [5.74, 6) is 0.357. The molecule has 1 heterocycles. The minimum atomic E-state index is 0.133. The van der Waals surface area contributed by atoms with Crippen molar-refractivity contribution in [3.63, 3.8) is 0 Å². The number of hydrogen-bond acceptors (Lipinski definition) is 5. The van der Waals surface area contributed by atoms with Crippen LogP contribution in [0.5, 0.6) is 11.5 Å². The molecule has 1 aromatic heterocycles. The molecule has 0 aliphatic rings. The Hall–Kier alpha value is -3.54. The molecule has 0 amide bonds. The van der Waals surface area contributed by atoms with Gasteiger partial charge >= 0.3 is 0 Å². The smallest absolute Gasteiger partial charge is 0.143 e. The third kappa shape index (κ3) is 2.97. The number of aryl methyl sites for hydroxylation is 1. The monoisotopic (exact) mass is 332 g/mol. The summed E-state index contributed by atoms with van der Waals surface area (Å²) in [5.41, 5.74) is 4.73. The Balaban J connectivity index is 1.69. The number of nitrogens with one attached hydrogen (secondary N) is 1. The Bertz CT molecular complexity index is 1050. The number of anilines is 2. The molecule has 0 aliphatic heterocycles. The zero-order valence-electron chi connectivity index (χ0n) is 13.5. The molecule has 0 atom stereocenters. The maximum absolute atomic E-state index is 10.1. The van der Waals surface area contributed by atoms with Crippen molar-refractivity contribution >= 4 is 22.4 Å². The van der Waals surface area contributed by atoms with E-state index < -0.39 is 0 Å². The number of phenolic OH excluding ortho intramolecular Hbond substituents is 2. The molecule has 3 N–H and O–H groups in total. The molecule has 0 aliphatic carbocycles. The summed E-state index contributed by atoms with van der Waals surface area (Å²) in [7, 11) is 0. The molecule has 4 rings (SSSR count). The van der Waals surface area contributed by atoms with E-state index in [1.807, 2.05) is 37.3 Å². The summed E-state index contributed by atoms with van der Waals surface area (Å²) in [5, 5.41) is 31.6. The van der Waals surface area contributed by atoms with Crippen LogP contribution in [-0.2, 0) is 0 Å². The molecular weight excluding hydrogens is 316 g/mol. The van der Waals surface area contributed by atoms with E-state index in [-0.39, 0.29) is 11.5 Å². The van der Waals surface area contributed by atoms with Crippen LogP contribution in [0.2, 0.25) is 0 Å². The van der Waals surface area contributed by atoms with Crippen LogP contribution in [0, 0.1) is 6.92 Å². The fourth-order valence-electron chi connectivity index (χ4n) is 2.61. The molecule has 0 radical (unpaired) electrons. The van der Waals surface area contributed by atoms with Crippen LogP contribution in [0.25, 0.3) is 16.7 Å². The lowest BCUT2D eigenvalue weighted by Gasteiger charge is -2.05. The summed E-state index contributed by atoms with van der Waals surface area (Å²) in [6.45, 7) is 1.95. The van der Waals surface area contributed by atoms with Gasteiger partial charge in [-0.3, -0.25) is 0 Å². The van der Waals surface area contributed by atoms with Gasteiger partial charge in [-0.2, -0.15) is 0 Å². The number of aromatic nitrogens is 3. The molecule has 6 heteroatoms. The van der Waals surface area contributed by atoms with Crippen LogP contribution in [0.4, 0.5) is 11.4 Å². The molecule has 124 valence electrons. The molecule has 0 bridgehead atoms. The SMILES string of the molecule is Cc1ccc(O)c(-n2nc3ccc(Nc4ccc(O)cc4)cc3n2)c1. The van der Waals surface area contributed by atoms with E-state index in [0.717, 1.165) is 22.5 Å². The Kier molecular flexibility index (Phi) is 3.50. The number of phenols is 2. The Morgan fingerprint density at radius 1 is 0.800 bits per heavy atom. The number of benzene rings is 3. The number of hydrogen-bond donors (Lipinski definition) is 3. The largest absolute Gasteiger partial charge is 0.508 e. The standard InChI is InChI=1S/C19H16N4O2/c1-12-2-9-19(25)18(10-12)23-21-16-8-5-14(11-17(16)22-23)20-13-3-6-15(24)7-4-13/h2-11,20,24-25H,1H3. The van der Waals surface area contributed by atoms with Crippen molar-refractivity contribution in [2.45, 2.75) is 6.92 Å². The summed E-state index contributed by atoms with van der Waals surface area (Å²) in [4.78, 5) is 1.44. The van der Waals surface area contributed by atoms with Gasteiger partial charge in [0.05, 0.1) is 0 Å². The predicted molar refractivity (Wildman–Crippen MR) is 96.7 cm³/mol. The van der Waals surface area contributed by atoms with Gasteiger partial charge in [0.15, 0.2) is 0 Å². The first-order chi connectivity index (χ1) is 12.1. The van der Waals surface area contributed by atoms with E-state index in [0.29, 0.717) is 11.2 Å². The topological polar surface area (TPSA) is 83.2 Å². The van der Waals surface area contributed by atoms with Crippen LogP contribution in [0.1, 0.15) is 5.56 Å². The molecule has 0 saturated heterocycles. The number of fused-ring (bicyclic) bond motifs is 1. The second-order valence-electron chi connectivity index (χ2n) is 5.86. The normalized spacial score (nSPS) is 10.9. The van der Waals surface area contributed by atoms with Gasteiger partial charge < -0.3 is 15.5 Å². The van der Waals surface area contributed by atoms with Crippen LogP contribution in [0.15, 0.2) is 60.7 Å². The van der Waals surface area contributed by atoms with Gasteiger partial charge in [0.2, 0.25) is 0 Å². The van der Waals surface area contributed by atoms with E-state index >= 15 is 0 Å². The van der Waals surface area contributed by atoms with E-state index in [1.165, 1.54) is 4.80 Å². The Morgan fingerprint density at radius 3 is 2.32 bits per heavy atom. The highest BCUT2D eigenvalue weighted by Gasteiger charge is 2.09. The van der Waals surface area contributed by atoms with Gasteiger partial charge in [-0.1, -0.05) is 6.07 Å². The predicted octanol–water partition coefficient (Wildman–Crippen LogP) is 3.88. The third-order valence-corrected chi connectivity index (χ3v) is 3.88. The molecule has 0 unspecified atom stereocenters. The van der Waals surface area contributed by atoms with Crippen LogP contribution >= 0.6 is 0 Å². The van der Waals surface area contributed by atoms with Crippen molar-refractivity contribution in [2.24, 2.45) is 0 Å². The zero-order valence-corrected chi connectivity index (χ0v) is 13.5. The highest BCUT2D eigenvalue weighted by Crippen LogP contribution is 2.25. The average Bonchev–Trinajstić information content (AvgIpc) is 3.02. The molecule has 25 heavy (non-hydrogen) atoms. The van der Waals surface area contributed by atoms with Crippen LogP contribution in [0.3, 0.4) is 0 Å². The first-order valence-corrected chi connectivity index (χ1v) is 7.82. The van der Waals surface area contributed by atoms with Gasteiger partial charge in [-0.05, 0) is 67.1 Å². The van der Waals surface area contributed by atoms with Gasteiger partial charge in [-0.15, -0.1) is 15.0 Å². The fraction of sp³-hybridized carbons (Fsp3) is 0.0526.